The van der Waals surface area contributed by atoms with Crippen molar-refractivity contribution in [1.29, 1.82) is 0 Å². The van der Waals surface area contributed by atoms with Crippen LogP contribution >= 0.6 is 0 Å². The summed E-state index contributed by atoms with van der Waals surface area (Å²) in [4.78, 5) is 15.6. The Balaban J connectivity index is 1.78. The minimum absolute atomic E-state index is 0.168. The predicted octanol–water partition coefficient (Wildman–Crippen LogP) is 2.60. The molecule has 132 valence electrons. The number of piperazine rings is 1. The molecule has 1 aliphatic heterocycles. The van der Waals surface area contributed by atoms with Crippen LogP contribution in [0.4, 0.5) is 23.4 Å². The zero-order valence-electron chi connectivity index (χ0n) is 13.0. The first kappa shape index (κ1) is 17.1. The van der Waals surface area contributed by atoms with Crippen LogP contribution in [0.3, 0.4) is 0 Å². The van der Waals surface area contributed by atoms with Crippen LogP contribution in [0.2, 0.25) is 0 Å². The van der Waals surface area contributed by atoms with Gasteiger partial charge in [-0.15, -0.1) is 5.10 Å². The molecule has 2 aromatic rings. The second-order valence-corrected chi connectivity index (χ2v) is 5.52. The van der Waals surface area contributed by atoms with Gasteiger partial charge in [-0.1, -0.05) is 6.07 Å². The number of carbonyl (C=O) groups is 1. The first-order valence-corrected chi connectivity index (χ1v) is 7.55. The van der Waals surface area contributed by atoms with Gasteiger partial charge in [-0.2, -0.15) is 18.3 Å². The van der Waals surface area contributed by atoms with Crippen LogP contribution in [0.15, 0.2) is 36.5 Å². The van der Waals surface area contributed by atoms with Gasteiger partial charge in [0, 0.05) is 32.4 Å². The van der Waals surface area contributed by atoms with Crippen molar-refractivity contribution in [3.05, 3.63) is 53.5 Å². The lowest BCUT2D eigenvalue weighted by molar-refractivity contribution is -0.138. The van der Waals surface area contributed by atoms with Crippen molar-refractivity contribution < 1.29 is 22.4 Å². The fraction of sp³-hybridized carbons (Fsp3) is 0.312. The van der Waals surface area contributed by atoms with Crippen molar-refractivity contribution in [1.82, 2.24) is 15.1 Å². The molecular formula is C16H14F4N4O. The van der Waals surface area contributed by atoms with Crippen LogP contribution in [-0.4, -0.2) is 47.2 Å². The van der Waals surface area contributed by atoms with Crippen LogP contribution in [0.25, 0.3) is 0 Å². The summed E-state index contributed by atoms with van der Waals surface area (Å²) in [6, 6.07) is 5.99. The molecule has 25 heavy (non-hydrogen) atoms. The Kier molecular flexibility index (Phi) is 4.56. The molecule has 0 spiro atoms. The molecule has 1 aromatic carbocycles. The van der Waals surface area contributed by atoms with Crippen molar-refractivity contribution >= 4 is 11.7 Å². The van der Waals surface area contributed by atoms with E-state index in [1.54, 1.807) is 12.1 Å². The minimum atomic E-state index is -4.80. The highest BCUT2D eigenvalue weighted by molar-refractivity contribution is 5.96. The lowest BCUT2D eigenvalue weighted by Gasteiger charge is -2.35. The summed E-state index contributed by atoms with van der Waals surface area (Å²) in [6.07, 6.45) is -3.27. The minimum Gasteiger partial charge on any atom is -0.352 e. The number of anilines is 1. The van der Waals surface area contributed by atoms with E-state index in [1.165, 1.54) is 11.1 Å². The Hall–Kier alpha value is -2.71. The number of rotatable bonds is 2. The zero-order valence-corrected chi connectivity index (χ0v) is 13.0. The van der Waals surface area contributed by atoms with E-state index < -0.39 is 29.0 Å². The maximum Gasteiger partial charge on any atom is 0.417 e. The van der Waals surface area contributed by atoms with Crippen molar-refractivity contribution in [3.63, 3.8) is 0 Å². The Bertz CT molecular complexity index is 758. The average Bonchev–Trinajstić information content (AvgIpc) is 2.61. The number of aromatic nitrogens is 2. The molecule has 1 amide bonds. The van der Waals surface area contributed by atoms with E-state index in [9.17, 15) is 22.4 Å². The number of amides is 1. The normalized spacial score (nSPS) is 15.4. The number of halogens is 4. The fourth-order valence-electron chi connectivity index (χ4n) is 2.74. The molecule has 0 bridgehead atoms. The van der Waals surface area contributed by atoms with Gasteiger partial charge < -0.3 is 9.80 Å². The summed E-state index contributed by atoms with van der Waals surface area (Å²) in [7, 11) is 0. The summed E-state index contributed by atoms with van der Waals surface area (Å²) in [5, 5.41) is 7.72. The molecule has 3 rings (SSSR count). The lowest BCUT2D eigenvalue weighted by Crippen LogP contribution is -2.49. The molecule has 0 radical (unpaired) electrons. The lowest BCUT2D eigenvalue weighted by atomic mass is 10.0. The first-order valence-electron chi connectivity index (χ1n) is 7.55. The van der Waals surface area contributed by atoms with Crippen LogP contribution in [0, 0.1) is 5.82 Å². The van der Waals surface area contributed by atoms with E-state index >= 15 is 0 Å². The Labute approximate surface area is 140 Å². The molecule has 0 atom stereocenters. The Morgan fingerprint density at radius 2 is 1.76 bits per heavy atom. The summed E-state index contributed by atoms with van der Waals surface area (Å²) in [6.45, 7) is 1.09. The molecule has 1 aliphatic rings. The average molecular weight is 354 g/mol. The summed E-state index contributed by atoms with van der Waals surface area (Å²) < 4.78 is 53.2. The molecular weight excluding hydrogens is 340 g/mol. The molecule has 1 saturated heterocycles. The van der Waals surface area contributed by atoms with Crippen LogP contribution in [-0.2, 0) is 6.18 Å². The second-order valence-electron chi connectivity index (χ2n) is 5.52. The van der Waals surface area contributed by atoms with Crippen molar-refractivity contribution in [2.75, 3.05) is 31.1 Å². The molecule has 2 heterocycles. The van der Waals surface area contributed by atoms with Gasteiger partial charge in [-0.3, -0.25) is 4.79 Å². The number of hydrogen-bond donors (Lipinski definition) is 0. The molecule has 5 nitrogen and oxygen atoms in total. The van der Waals surface area contributed by atoms with Crippen molar-refractivity contribution in [3.8, 4) is 0 Å². The van der Waals surface area contributed by atoms with E-state index in [2.05, 4.69) is 10.2 Å². The Morgan fingerprint density at radius 3 is 2.36 bits per heavy atom. The van der Waals surface area contributed by atoms with Gasteiger partial charge in [-0.25, -0.2) is 4.39 Å². The van der Waals surface area contributed by atoms with Crippen LogP contribution in [0.1, 0.15) is 15.9 Å². The van der Waals surface area contributed by atoms with Crippen LogP contribution in [0.5, 0.6) is 0 Å². The predicted molar refractivity (Wildman–Crippen MR) is 81.6 cm³/mol. The molecule has 0 aliphatic carbocycles. The molecule has 0 N–H and O–H groups in total. The third-order valence-electron chi connectivity index (χ3n) is 3.98. The topological polar surface area (TPSA) is 49.3 Å². The van der Waals surface area contributed by atoms with E-state index in [0.29, 0.717) is 25.0 Å². The second kappa shape index (κ2) is 6.66. The SMILES string of the molecule is O=C(c1c(F)cccc1C(F)(F)F)N1CCN(c2cccnn2)CC1. The van der Waals surface area contributed by atoms with Gasteiger partial charge in [0.15, 0.2) is 5.82 Å². The molecule has 1 aromatic heterocycles. The largest absolute Gasteiger partial charge is 0.417 e. The quantitative estimate of drug-likeness (QED) is 0.778. The third-order valence-corrected chi connectivity index (χ3v) is 3.98. The van der Waals surface area contributed by atoms with Gasteiger partial charge in [0.05, 0.1) is 11.1 Å². The van der Waals surface area contributed by atoms with Gasteiger partial charge >= 0.3 is 6.18 Å². The Morgan fingerprint density at radius 1 is 1.04 bits per heavy atom. The highest BCUT2D eigenvalue weighted by atomic mass is 19.4. The standard InChI is InChI=1S/C16H14F4N4O/c17-12-4-1-3-11(16(18,19)20)14(12)15(25)24-9-7-23(8-10-24)13-5-2-6-21-22-13/h1-6H,7-10H2. The smallest absolute Gasteiger partial charge is 0.352 e. The molecule has 0 saturated carbocycles. The van der Waals surface area contributed by atoms with E-state index in [4.69, 9.17) is 0 Å². The van der Waals surface area contributed by atoms with E-state index in [1.807, 2.05) is 4.90 Å². The maximum atomic E-state index is 14.0. The summed E-state index contributed by atoms with van der Waals surface area (Å²) in [5.41, 5.74) is -2.18. The monoisotopic (exact) mass is 354 g/mol. The number of carbonyl (C=O) groups excluding carboxylic acids is 1. The number of benzene rings is 1. The third kappa shape index (κ3) is 3.54. The number of nitrogens with zero attached hydrogens (tertiary/aromatic N) is 4. The summed E-state index contributed by atoms with van der Waals surface area (Å²) >= 11 is 0. The van der Waals surface area contributed by atoms with Crippen molar-refractivity contribution in [2.24, 2.45) is 0 Å². The van der Waals surface area contributed by atoms with Gasteiger partial charge in [0.25, 0.3) is 5.91 Å². The molecule has 0 unspecified atom stereocenters. The van der Waals surface area contributed by atoms with E-state index in [0.717, 1.165) is 12.1 Å². The maximum absolute atomic E-state index is 14.0. The first-order chi connectivity index (χ1) is 11.9. The highest BCUT2D eigenvalue weighted by Gasteiger charge is 2.38. The molecule has 1 fully saturated rings. The van der Waals surface area contributed by atoms with Crippen LogP contribution < -0.4 is 4.90 Å². The van der Waals surface area contributed by atoms with Gasteiger partial charge in [-0.05, 0) is 24.3 Å². The number of hydrogen-bond acceptors (Lipinski definition) is 4. The fourth-order valence-corrected chi connectivity index (χ4v) is 2.74. The van der Waals surface area contributed by atoms with Gasteiger partial charge in [0.2, 0.25) is 0 Å². The van der Waals surface area contributed by atoms with Crippen molar-refractivity contribution in [2.45, 2.75) is 6.18 Å². The van der Waals surface area contributed by atoms with E-state index in [-0.39, 0.29) is 13.1 Å². The van der Waals surface area contributed by atoms with Gasteiger partial charge in [0.1, 0.15) is 5.82 Å². The molecule has 9 heteroatoms. The zero-order chi connectivity index (χ0) is 18.0. The number of alkyl halides is 3. The summed E-state index contributed by atoms with van der Waals surface area (Å²) in [5.74, 6) is -1.50. The highest BCUT2D eigenvalue weighted by Crippen LogP contribution is 2.33.